The Balaban J connectivity index is 1.66. The number of likely N-dealkylation sites (N-methyl/N-ethyl adjacent to an activating group) is 1. The fourth-order valence-corrected chi connectivity index (χ4v) is 4.80. The molecule has 178 valence electrons. The van der Waals surface area contributed by atoms with Crippen molar-refractivity contribution in [2.45, 2.75) is 37.5 Å². The summed E-state index contributed by atoms with van der Waals surface area (Å²) in [6.45, 7) is 0.884. The van der Waals surface area contributed by atoms with Gasteiger partial charge in [0, 0.05) is 18.4 Å². The first-order chi connectivity index (χ1) is 16.3. The van der Waals surface area contributed by atoms with Crippen molar-refractivity contribution in [3.05, 3.63) is 88.7 Å². The van der Waals surface area contributed by atoms with E-state index in [4.69, 9.17) is 11.6 Å². The van der Waals surface area contributed by atoms with E-state index in [2.05, 4.69) is 15.2 Å². The predicted molar refractivity (Wildman–Crippen MR) is 127 cm³/mol. The first-order valence-electron chi connectivity index (χ1n) is 11.1. The number of piperidine rings is 1. The van der Waals surface area contributed by atoms with Gasteiger partial charge in [-0.1, -0.05) is 54.4 Å². The molecule has 2 heterocycles. The molecule has 1 unspecified atom stereocenters. The van der Waals surface area contributed by atoms with E-state index in [1.807, 2.05) is 43.4 Å². The number of carbonyl (C=O) groups excluding carboxylic acids is 1. The Hall–Kier alpha value is -2.90. The van der Waals surface area contributed by atoms with Gasteiger partial charge >= 0.3 is 6.18 Å². The van der Waals surface area contributed by atoms with Crippen LogP contribution in [0.4, 0.5) is 13.2 Å². The number of rotatable bonds is 5. The van der Waals surface area contributed by atoms with Crippen LogP contribution in [0, 0.1) is 0 Å². The molecule has 1 amide bonds. The topological polar surface area (TPSA) is 45.2 Å². The fraction of sp³-hybridized carbons (Fsp3) is 0.308. The molecular formula is C26H25ClF3N3O. The monoisotopic (exact) mass is 487 g/mol. The summed E-state index contributed by atoms with van der Waals surface area (Å²) >= 11 is 6.02. The Kier molecular flexibility index (Phi) is 7.24. The van der Waals surface area contributed by atoms with Crippen molar-refractivity contribution >= 4 is 17.5 Å². The number of hydrogen-bond donors (Lipinski definition) is 1. The van der Waals surface area contributed by atoms with Crippen LogP contribution in [-0.2, 0) is 6.18 Å². The van der Waals surface area contributed by atoms with Crippen LogP contribution < -0.4 is 5.32 Å². The standard InChI is InChI=1S/C26H25ClF3N3O/c1-33-15-3-2-9-22(33)24(18-12-10-17(11-13-18)19-6-5-14-31-16-19)32-25(34)20-7-4-8-21(23(20)27)26(28,29)30/h4-8,10-14,16,22,24H,2-3,9,15H2,1H3,(H,32,34)/t22-,24?/m0/s1. The number of halogens is 4. The molecule has 0 aliphatic carbocycles. The molecule has 1 saturated heterocycles. The first kappa shape index (κ1) is 24.2. The molecule has 4 rings (SSSR count). The van der Waals surface area contributed by atoms with Crippen molar-refractivity contribution in [2.24, 2.45) is 0 Å². The van der Waals surface area contributed by atoms with Gasteiger partial charge in [-0.3, -0.25) is 9.78 Å². The third-order valence-corrected chi connectivity index (χ3v) is 6.72. The van der Waals surface area contributed by atoms with Gasteiger partial charge in [-0.2, -0.15) is 13.2 Å². The smallest absolute Gasteiger partial charge is 0.344 e. The highest BCUT2D eigenvalue weighted by Crippen LogP contribution is 2.37. The Morgan fingerprint density at radius 2 is 1.85 bits per heavy atom. The number of amides is 1. The Morgan fingerprint density at radius 3 is 2.50 bits per heavy atom. The third-order valence-electron chi connectivity index (χ3n) is 6.31. The van der Waals surface area contributed by atoms with E-state index in [0.29, 0.717) is 0 Å². The summed E-state index contributed by atoms with van der Waals surface area (Å²) in [6, 6.07) is 14.6. The number of carbonyl (C=O) groups is 1. The van der Waals surface area contributed by atoms with Crippen LogP contribution in [0.25, 0.3) is 11.1 Å². The minimum absolute atomic E-state index is 0.00603. The summed E-state index contributed by atoms with van der Waals surface area (Å²) in [5, 5.41) is 2.40. The average Bonchev–Trinajstić information content (AvgIpc) is 2.83. The van der Waals surface area contributed by atoms with Crippen LogP contribution in [0.2, 0.25) is 5.02 Å². The second kappa shape index (κ2) is 10.2. The number of hydrogen-bond acceptors (Lipinski definition) is 3. The van der Waals surface area contributed by atoms with Crippen LogP contribution in [0.15, 0.2) is 67.0 Å². The van der Waals surface area contributed by atoms with Crippen molar-refractivity contribution in [1.29, 1.82) is 0 Å². The highest BCUT2D eigenvalue weighted by molar-refractivity contribution is 6.34. The minimum atomic E-state index is -4.64. The number of alkyl halides is 3. The second-order valence-electron chi connectivity index (χ2n) is 8.52. The van der Waals surface area contributed by atoms with E-state index < -0.39 is 28.7 Å². The molecule has 4 nitrogen and oxygen atoms in total. The van der Waals surface area contributed by atoms with Crippen LogP contribution in [0.1, 0.15) is 46.8 Å². The quantitative estimate of drug-likeness (QED) is 0.454. The lowest BCUT2D eigenvalue weighted by Gasteiger charge is -2.38. The van der Waals surface area contributed by atoms with Gasteiger partial charge in [-0.05, 0) is 61.3 Å². The number of aromatic nitrogens is 1. The van der Waals surface area contributed by atoms with Gasteiger partial charge in [-0.25, -0.2) is 0 Å². The summed E-state index contributed by atoms with van der Waals surface area (Å²) in [6.07, 6.45) is 1.78. The SMILES string of the molecule is CN1CCCC[C@H]1C(NC(=O)c1cccc(C(F)(F)F)c1Cl)c1ccc(-c2cccnc2)cc1. The zero-order valence-electron chi connectivity index (χ0n) is 18.6. The predicted octanol–water partition coefficient (Wildman–Crippen LogP) is 6.38. The van der Waals surface area contributed by atoms with Gasteiger partial charge in [0.1, 0.15) is 0 Å². The number of benzene rings is 2. The van der Waals surface area contributed by atoms with Gasteiger partial charge in [0.15, 0.2) is 0 Å². The Bertz CT molecular complexity index is 1140. The molecule has 3 aromatic rings. The lowest BCUT2D eigenvalue weighted by Crippen LogP contribution is -2.47. The molecule has 0 spiro atoms. The number of likely N-dealkylation sites (tertiary alicyclic amines) is 1. The molecule has 1 aliphatic rings. The summed E-state index contributed by atoms with van der Waals surface area (Å²) in [4.78, 5) is 19.5. The molecule has 8 heteroatoms. The lowest BCUT2D eigenvalue weighted by atomic mass is 9.90. The van der Waals surface area contributed by atoms with E-state index in [1.165, 1.54) is 12.1 Å². The van der Waals surface area contributed by atoms with Crippen LogP contribution >= 0.6 is 11.6 Å². The summed E-state index contributed by atoms with van der Waals surface area (Å²) < 4.78 is 39.9. The molecule has 0 bridgehead atoms. The van der Waals surface area contributed by atoms with E-state index in [-0.39, 0.29) is 11.6 Å². The normalized spacial score (nSPS) is 17.9. The van der Waals surface area contributed by atoms with E-state index >= 15 is 0 Å². The Morgan fingerprint density at radius 1 is 1.09 bits per heavy atom. The number of nitrogens with zero attached hydrogens (tertiary/aromatic N) is 2. The zero-order valence-corrected chi connectivity index (χ0v) is 19.4. The maximum Gasteiger partial charge on any atom is 0.417 e. The largest absolute Gasteiger partial charge is 0.417 e. The van der Waals surface area contributed by atoms with E-state index in [1.54, 1.807) is 12.4 Å². The molecule has 2 aromatic carbocycles. The fourth-order valence-electron chi connectivity index (χ4n) is 4.49. The highest BCUT2D eigenvalue weighted by atomic mass is 35.5. The van der Waals surface area contributed by atoms with Crippen LogP contribution in [0.5, 0.6) is 0 Å². The van der Waals surface area contributed by atoms with E-state index in [0.717, 1.165) is 48.6 Å². The molecule has 1 aromatic heterocycles. The molecule has 0 saturated carbocycles. The number of pyridine rings is 1. The van der Waals surface area contributed by atoms with Crippen molar-refractivity contribution < 1.29 is 18.0 Å². The van der Waals surface area contributed by atoms with Gasteiger partial charge in [0.25, 0.3) is 5.91 Å². The number of nitrogens with one attached hydrogen (secondary N) is 1. The van der Waals surface area contributed by atoms with Gasteiger partial charge in [0.2, 0.25) is 0 Å². The van der Waals surface area contributed by atoms with Crippen LogP contribution in [0.3, 0.4) is 0 Å². The van der Waals surface area contributed by atoms with Crippen molar-refractivity contribution in [2.75, 3.05) is 13.6 Å². The lowest BCUT2D eigenvalue weighted by molar-refractivity contribution is -0.137. The maximum atomic E-state index is 13.3. The molecule has 1 N–H and O–H groups in total. The molecule has 0 radical (unpaired) electrons. The van der Waals surface area contributed by atoms with Gasteiger partial charge in [-0.15, -0.1) is 0 Å². The minimum Gasteiger partial charge on any atom is -0.344 e. The Labute approximate surface area is 201 Å². The van der Waals surface area contributed by atoms with Gasteiger partial charge < -0.3 is 10.2 Å². The zero-order chi connectivity index (χ0) is 24.3. The van der Waals surface area contributed by atoms with Crippen molar-refractivity contribution in [3.63, 3.8) is 0 Å². The molecule has 1 fully saturated rings. The first-order valence-corrected chi connectivity index (χ1v) is 11.5. The maximum absolute atomic E-state index is 13.3. The summed E-state index contributed by atoms with van der Waals surface area (Å²) in [5.41, 5.74) is 1.63. The molecular weight excluding hydrogens is 463 g/mol. The summed E-state index contributed by atoms with van der Waals surface area (Å²) in [7, 11) is 2.00. The highest BCUT2D eigenvalue weighted by Gasteiger charge is 2.36. The third kappa shape index (κ3) is 5.26. The van der Waals surface area contributed by atoms with Gasteiger partial charge in [0.05, 0.1) is 22.2 Å². The molecule has 1 aliphatic heterocycles. The van der Waals surface area contributed by atoms with Crippen molar-refractivity contribution in [1.82, 2.24) is 15.2 Å². The summed E-state index contributed by atoms with van der Waals surface area (Å²) in [5.74, 6) is -0.628. The van der Waals surface area contributed by atoms with Crippen LogP contribution in [-0.4, -0.2) is 35.4 Å². The van der Waals surface area contributed by atoms with E-state index in [9.17, 15) is 18.0 Å². The second-order valence-corrected chi connectivity index (χ2v) is 8.90. The molecule has 2 atom stereocenters. The molecule has 34 heavy (non-hydrogen) atoms. The average molecular weight is 488 g/mol. The van der Waals surface area contributed by atoms with Crippen molar-refractivity contribution in [3.8, 4) is 11.1 Å².